The quantitative estimate of drug-likeness (QED) is 0.0384. The van der Waals surface area contributed by atoms with Crippen LogP contribution in [0.25, 0.3) is 88.6 Å². The normalized spacial score (nSPS) is 14.2. The molecular weight excluding hydrogens is 1590 g/mol. The Kier molecular flexibility index (Phi) is 21.5. The van der Waals surface area contributed by atoms with Gasteiger partial charge in [0.15, 0.2) is 23.1 Å². The van der Waals surface area contributed by atoms with E-state index in [1.54, 1.807) is 161 Å². The van der Waals surface area contributed by atoms with Gasteiger partial charge < -0.3 is 36.0 Å². The molecule has 628 valence electrons. The highest BCUT2D eigenvalue weighted by atomic mass is 19.1. The fraction of sp³-hybridized carbons (Fsp3) is 0.226. The van der Waals surface area contributed by atoms with Gasteiger partial charge in [-0.05, 0) is 222 Å². The summed E-state index contributed by atoms with van der Waals surface area (Å²) in [5.74, 6) is -1.59. The molecule has 0 radical (unpaired) electrons. The molecule has 2 atom stereocenters. The molecule has 0 bridgehead atoms. The van der Waals surface area contributed by atoms with Gasteiger partial charge in [-0.2, -0.15) is 0 Å². The van der Waals surface area contributed by atoms with E-state index in [1.807, 2.05) is 120 Å². The van der Waals surface area contributed by atoms with Gasteiger partial charge in [-0.1, -0.05) is 78.9 Å². The number of carbonyl (C=O) groups excluding carboxylic acids is 4. The summed E-state index contributed by atoms with van der Waals surface area (Å²) in [6.07, 6.45) is 2.65. The monoisotopic (exact) mass is 1680 g/mol. The molecule has 12 aromatic carbocycles. The fourth-order valence-electron chi connectivity index (χ4n) is 17.4. The number of hydrogen-bond donors (Lipinski definition) is 4. The second kappa shape index (κ2) is 33.3. The average Bonchev–Trinajstić information content (AvgIpc) is 1.71. The topological polar surface area (TPSA) is 277 Å². The Morgan fingerprint density at radius 3 is 1.31 bits per heavy atom. The molecule has 28 nitrogen and oxygen atoms in total. The number of halogens is 4. The standard InChI is InChI=1S/C93H84F4N24O4/c1-10-116(11-2)91(123)69-42-46-80(66-32-16-36-74(96)84(66)69)100-76-38-18-28-62(54(76)3)88-103-107-121(114(88)8)115(9)90(122)68-40-44-78(64-30-14-34-72(94)82(64)68)99-59-25-13-23-57(51-59)87-104-119(109-112(87)6)60-26-20-48-117(52-60)93(125)71-43-47-81(67-33-17-37-75(97)85(67)71)101-77-39-19-29-63(55(77)4)89-105-120(110-113(89)7)61-27-21-49-118(53-61)92(124)70-41-45-79(65-31-15-35-73(95)83(65)70)98-58-24-12-22-56(50-58)86-102-106-108-111(86)5/h12-19,22-25,28-47,50-51,60-61H,10-11,20-21,26-27,48-49,52-53H2,1-9H3,(H-3,98,99,100,101,122,123,124,125)/p+3. The Bertz CT molecular complexity index is 7020. The molecule has 6 heterocycles. The highest BCUT2D eigenvalue weighted by Crippen LogP contribution is 2.41. The van der Waals surface area contributed by atoms with Gasteiger partial charge in [0.25, 0.3) is 35.3 Å². The first-order valence-corrected chi connectivity index (χ1v) is 41.3. The number of tetrazole rings is 4. The van der Waals surface area contributed by atoms with Crippen LogP contribution in [-0.2, 0) is 28.2 Å². The summed E-state index contributed by atoms with van der Waals surface area (Å²) in [5, 5.41) is 58.4. The molecule has 2 unspecified atom stereocenters. The third-order valence-electron chi connectivity index (χ3n) is 23.9. The SMILES string of the molecule is CCN(CC)C(=O)c1ccc(Nc2cccc(-c3nn[n+](N(C)C(=O)c4ccc(Nc5cccc(-c6n[n+](C7CCCN(C(=O)c8ccc(Nc9cccc(-c%10n[n+](C%11CCCN(C(=O)c%12ccc(Nc%13cccc(-c%14nnnn%14C)c%13)c%13cccc(F)c%12%13)C%11)nn%10C)c9C)c9cccc(F)c89)C7)nn6C)c5)c5cccc(F)c45)n3C)c2C)c2cccc(F)c12. The molecular formula is C93H87F4N24O4+3. The van der Waals surface area contributed by atoms with E-state index < -0.39 is 29.2 Å². The summed E-state index contributed by atoms with van der Waals surface area (Å²) in [7, 11) is 8.60. The van der Waals surface area contributed by atoms with Crippen LogP contribution in [0.15, 0.2) is 206 Å². The van der Waals surface area contributed by atoms with Crippen LogP contribution in [0.5, 0.6) is 0 Å². The summed E-state index contributed by atoms with van der Waals surface area (Å²) >= 11 is 0. The lowest BCUT2D eigenvalue weighted by Crippen LogP contribution is -2.64. The van der Waals surface area contributed by atoms with Crippen LogP contribution in [0.4, 0.5) is 63.1 Å². The molecule has 32 heteroatoms. The lowest BCUT2D eigenvalue weighted by atomic mass is 9.98. The molecule has 2 saturated heterocycles. The Hall–Kier alpha value is -15.2. The minimum absolute atomic E-state index is 0.0706. The average molecular weight is 1680 g/mol. The van der Waals surface area contributed by atoms with Crippen molar-refractivity contribution in [2.45, 2.75) is 65.5 Å². The number of nitrogens with zero attached hydrogens (tertiary/aromatic N) is 20. The van der Waals surface area contributed by atoms with Crippen molar-refractivity contribution in [3.8, 4) is 45.6 Å². The van der Waals surface area contributed by atoms with E-state index in [4.69, 9.17) is 20.6 Å². The van der Waals surface area contributed by atoms with Crippen molar-refractivity contribution in [1.82, 2.24) is 79.9 Å². The number of amides is 4. The predicted molar refractivity (Wildman–Crippen MR) is 466 cm³/mol. The molecule has 0 saturated carbocycles. The van der Waals surface area contributed by atoms with Gasteiger partial charge in [-0.25, -0.2) is 22.2 Å². The van der Waals surface area contributed by atoms with Crippen molar-refractivity contribution >= 4 is 112 Å². The summed E-state index contributed by atoms with van der Waals surface area (Å²) in [6, 6.07) is 58.5. The van der Waals surface area contributed by atoms with Crippen molar-refractivity contribution < 1.29 is 51.2 Å². The zero-order chi connectivity index (χ0) is 86.7. The smallest absolute Gasteiger partial charge is 0.317 e. The van der Waals surface area contributed by atoms with Gasteiger partial charge in [0.05, 0.1) is 65.5 Å². The number of anilines is 8. The molecule has 4 N–H and O–H groups in total. The zero-order valence-corrected chi connectivity index (χ0v) is 69.9. The summed E-state index contributed by atoms with van der Waals surface area (Å²) < 4.78 is 71.4. The van der Waals surface area contributed by atoms with Crippen LogP contribution in [0.3, 0.4) is 0 Å². The van der Waals surface area contributed by atoms with E-state index in [-0.39, 0.29) is 86.7 Å². The van der Waals surface area contributed by atoms with Crippen LogP contribution in [-0.4, -0.2) is 150 Å². The van der Waals surface area contributed by atoms with E-state index in [0.717, 1.165) is 27.9 Å². The minimum Gasteiger partial charge on any atom is -0.355 e. The number of aromatic nitrogens is 16. The first kappa shape index (κ1) is 80.8. The number of aryl methyl sites for hydroxylation is 3. The van der Waals surface area contributed by atoms with Gasteiger partial charge in [0, 0.05) is 133 Å². The summed E-state index contributed by atoms with van der Waals surface area (Å²) in [4.78, 5) is 67.7. The second-order valence-corrected chi connectivity index (χ2v) is 31.5. The number of nitrogens with one attached hydrogen (secondary N) is 4. The Balaban J connectivity index is 0.533. The van der Waals surface area contributed by atoms with Crippen molar-refractivity contribution in [3.63, 3.8) is 0 Å². The highest BCUT2D eigenvalue weighted by Gasteiger charge is 2.38. The van der Waals surface area contributed by atoms with Crippen LogP contribution < -0.4 is 40.8 Å². The fourth-order valence-corrected chi connectivity index (χ4v) is 17.4. The number of benzene rings is 12. The maximum atomic E-state index is 16.6. The molecule has 4 amide bonds. The van der Waals surface area contributed by atoms with E-state index in [0.29, 0.717) is 148 Å². The van der Waals surface area contributed by atoms with E-state index >= 15 is 17.6 Å². The number of piperidine rings is 2. The first-order valence-electron chi connectivity index (χ1n) is 41.3. The molecule has 4 aromatic heterocycles. The maximum absolute atomic E-state index is 16.6. The Morgan fingerprint density at radius 2 is 0.848 bits per heavy atom. The van der Waals surface area contributed by atoms with Crippen LogP contribution in [0.2, 0.25) is 0 Å². The molecule has 18 rings (SSSR count). The van der Waals surface area contributed by atoms with E-state index in [2.05, 4.69) is 47.1 Å². The van der Waals surface area contributed by atoms with Crippen LogP contribution >= 0.6 is 0 Å². The zero-order valence-electron chi connectivity index (χ0n) is 69.9. The largest absolute Gasteiger partial charge is 0.355 e. The maximum Gasteiger partial charge on any atom is 0.317 e. The number of rotatable bonds is 21. The van der Waals surface area contributed by atoms with Crippen molar-refractivity contribution in [1.29, 1.82) is 0 Å². The molecule has 125 heavy (non-hydrogen) atoms. The van der Waals surface area contributed by atoms with E-state index in [1.165, 1.54) is 41.2 Å². The van der Waals surface area contributed by atoms with Gasteiger partial charge in [-0.15, -0.1) is 24.2 Å². The summed E-state index contributed by atoms with van der Waals surface area (Å²) in [5.41, 5.74) is 10.4. The lowest BCUT2D eigenvalue weighted by molar-refractivity contribution is -0.828. The molecule has 2 aliphatic rings. The summed E-state index contributed by atoms with van der Waals surface area (Å²) in [6.45, 7) is 10.0. The van der Waals surface area contributed by atoms with E-state index in [9.17, 15) is 19.2 Å². The number of likely N-dealkylation sites (tertiary alicyclic amines) is 2. The molecule has 2 fully saturated rings. The van der Waals surface area contributed by atoms with Gasteiger partial charge in [0.1, 0.15) is 52.9 Å². The van der Waals surface area contributed by atoms with Crippen LogP contribution in [0, 0.1) is 37.1 Å². The van der Waals surface area contributed by atoms with Crippen LogP contribution in [0.1, 0.15) is 104 Å². The Morgan fingerprint density at radius 1 is 0.440 bits per heavy atom. The predicted octanol–water partition coefficient (Wildman–Crippen LogP) is 14.7. The molecule has 2 aliphatic heterocycles. The number of carbonyl (C=O) groups is 4. The molecule has 0 aliphatic carbocycles. The molecule has 16 aromatic rings. The first-order chi connectivity index (χ1) is 60.6. The van der Waals surface area contributed by atoms with Gasteiger partial charge in [0.2, 0.25) is 0 Å². The Labute approximate surface area is 714 Å². The number of hydrogen-bond acceptors (Lipinski definition) is 17. The van der Waals surface area contributed by atoms with Crippen molar-refractivity contribution in [2.24, 2.45) is 28.2 Å². The molecule has 0 spiro atoms. The second-order valence-electron chi connectivity index (χ2n) is 31.5. The van der Waals surface area contributed by atoms with Crippen molar-refractivity contribution in [2.75, 3.05) is 72.6 Å². The minimum atomic E-state index is -0.616. The number of fused-ring (bicyclic) bond motifs is 4. The highest BCUT2D eigenvalue weighted by molar-refractivity contribution is 6.15. The van der Waals surface area contributed by atoms with Crippen molar-refractivity contribution in [3.05, 3.63) is 263 Å². The van der Waals surface area contributed by atoms with Gasteiger partial charge >= 0.3 is 5.82 Å². The lowest BCUT2D eigenvalue weighted by Gasteiger charge is -2.30. The third kappa shape index (κ3) is 15.0. The van der Waals surface area contributed by atoms with Gasteiger partial charge in [-0.3, -0.25) is 19.2 Å². The third-order valence-corrected chi connectivity index (χ3v) is 23.9.